The van der Waals surface area contributed by atoms with E-state index >= 15 is 0 Å². The summed E-state index contributed by atoms with van der Waals surface area (Å²) in [6.45, 7) is 0.676. The molecule has 1 aliphatic heterocycles. The van der Waals surface area contributed by atoms with Crippen molar-refractivity contribution < 1.29 is 5.11 Å². The molecule has 0 radical (unpaired) electrons. The van der Waals surface area contributed by atoms with Gasteiger partial charge in [0.05, 0.1) is 0 Å². The summed E-state index contributed by atoms with van der Waals surface area (Å²) in [6.07, 6.45) is 4.08. The Morgan fingerprint density at radius 2 is 1.59 bits per heavy atom. The SMILES string of the molecule is [O-]C(=C(Cl)Cl)[N+]1(c2ccccc2)CC1/C=C/c1ccccc1. The molecule has 2 aromatic carbocycles. The summed E-state index contributed by atoms with van der Waals surface area (Å²) in [6, 6.07) is 19.7. The lowest BCUT2D eigenvalue weighted by Gasteiger charge is -2.25. The monoisotopic (exact) mass is 331 g/mol. The van der Waals surface area contributed by atoms with Crippen LogP contribution < -0.4 is 9.59 Å². The molecule has 1 aliphatic rings. The zero-order chi connectivity index (χ0) is 15.6. The van der Waals surface area contributed by atoms with E-state index in [4.69, 9.17) is 23.2 Å². The molecule has 1 heterocycles. The first-order chi connectivity index (χ1) is 10.6. The Kier molecular flexibility index (Phi) is 4.25. The van der Waals surface area contributed by atoms with Crippen molar-refractivity contribution in [3.63, 3.8) is 0 Å². The smallest absolute Gasteiger partial charge is 0.167 e. The van der Waals surface area contributed by atoms with Gasteiger partial charge in [-0.2, -0.15) is 0 Å². The van der Waals surface area contributed by atoms with Crippen LogP contribution in [0.25, 0.3) is 6.08 Å². The fourth-order valence-electron chi connectivity index (χ4n) is 2.73. The Hall–Kier alpha value is -1.74. The fraction of sp³-hybridized carbons (Fsp3) is 0.111. The molecule has 2 aromatic rings. The first-order valence-corrected chi connectivity index (χ1v) is 7.79. The van der Waals surface area contributed by atoms with Crippen LogP contribution in [-0.4, -0.2) is 12.6 Å². The van der Waals surface area contributed by atoms with E-state index in [0.717, 1.165) is 11.3 Å². The predicted octanol–water partition coefficient (Wildman–Crippen LogP) is 4.05. The predicted molar refractivity (Wildman–Crippen MR) is 91.1 cm³/mol. The summed E-state index contributed by atoms with van der Waals surface area (Å²) in [5, 5.41) is 12.5. The first-order valence-electron chi connectivity index (χ1n) is 7.04. The minimum absolute atomic E-state index is 0.0580. The van der Waals surface area contributed by atoms with Crippen LogP contribution in [0.15, 0.2) is 77.1 Å². The summed E-state index contributed by atoms with van der Waals surface area (Å²) in [4.78, 5) is 0. The van der Waals surface area contributed by atoms with Gasteiger partial charge in [0.2, 0.25) is 0 Å². The van der Waals surface area contributed by atoms with Crippen molar-refractivity contribution in [2.45, 2.75) is 6.04 Å². The molecule has 1 fully saturated rings. The number of para-hydroxylation sites is 1. The van der Waals surface area contributed by atoms with Crippen molar-refractivity contribution in [3.05, 3.63) is 82.7 Å². The number of benzene rings is 2. The van der Waals surface area contributed by atoms with Gasteiger partial charge in [0, 0.05) is 0 Å². The lowest BCUT2D eigenvalue weighted by molar-refractivity contribution is -0.322. The molecule has 0 amide bonds. The molecule has 22 heavy (non-hydrogen) atoms. The van der Waals surface area contributed by atoms with E-state index in [-0.39, 0.29) is 20.9 Å². The van der Waals surface area contributed by atoms with E-state index in [9.17, 15) is 5.11 Å². The molecule has 0 bridgehead atoms. The van der Waals surface area contributed by atoms with Crippen molar-refractivity contribution in [1.29, 1.82) is 0 Å². The largest absolute Gasteiger partial charge is 0.829 e. The van der Waals surface area contributed by atoms with E-state index in [2.05, 4.69) is 6.08 Å². The zero-order valence-corrected chi connectivity index (χ0v) is 13.3. The molecule has 0 aliphatic carbocycles. The molecule has 3 rings (SSSR count). The van der Waals surface area contributed by atoms with Crippen LogP contribution in [-0.2, 0) is 0 Å². The van der Waals surface area contributed by atoms with Gasteiger partial charge in [0.25, 0.3) is 0 Å². The quantitative estimate of drug-likeness (QED) is 0.470. The van der Waals surface area contributed by atoms with Gasteiger partial charge in [-0.1, -0.05) is 77.8 Å². The van der Waals surface area contributed by atoms with Gasteiger partial charge in [0.1, 0.15) is 18.1 Å². The van der Waals surface area contributed by atoms with Crippen molar-refractivity contribution >= 4 is 35.0 Å². The fourth-order valence-corrected chi connectivity index (χ4v) is 3.04. The summed E-state index contributed by atoms with van der Waals surface area (Å²) >= 11 is 11.6. The molecular formula is C18H15Cl2NO. The summed E-state index contributed by atoms with van der Waals surface area (Å²) in [5.74, 6) is -0.253. The number of rotatable bonds is 4. The summed E-state index contributed by atoms with van der Waals surface area (Å²) < 4.78 is -0.0357. The second-order valence-electron chi connectivity index (χ2n) is 5.29. The van der Waals surface area contributed by atoms with Crippen molar-refractivity contribution in [1.82, 2.24) is 4.48 Å². The Labute approximate surface area is 140 Å². The van der Waals surface area contributed by atoms with Crippen molar-refractivity contribution in [3.8, 4) is 0 Å². The third-order valence-electron chi connectivity index (χ3n) is 3.96. The van der Waals surface area contributed by atoms with Crippen LogP contribution in [0.4, 0.5) is 5.69 Å². The molecule has 2 unspecified atom stereocenters. The normalized spacial score (nSPS) is 23.5. The number of nitrogens with zero attached hydrogens (tertiary/aromatic N) is 1. The van der Waals surface area contributed by atoms with Crippen molar-refractivity contribution in [2.24, 2.45) is 0 Å². The van der Waals surface area contributed by atoms with E-state index in [1.165, 1.54) is 0 Å². The number of quaternary nitrogens is 1. The third kappa shape index (κ3) is 2.78. The summed E-state index contributed by atoms with van der Waals surface area (Å²) in [5.41, 5.74) is 2.02. The maximum absolute atomic E-state index is 12.5. The van der Waals surface area contributed by atoms with Gasteiger partial charge in [0.15, 0.2) is 10.5 Å². The van der Waals surface area contributed by atoms with E-state index in [1.807, 2.05) is 66.7 Å². The van der Waals surface area contributed by atoms with E-state index in [1.54, 1.807) is 0 Å². The van der Waals surface area contributed by atoms with Crippen LogP contribution in [0.5, 0.6) is 0 Å². The molecule has 0 N–H and O–H groups in total. The topological polar surface area (TPSA) is 23.1 Å². The second kappa shape index (κ2) is 6.17. The average Bonchev–Trinajstić information content (AvgIpc) is 3.29. The molecule has 1 saturated heterocycles. The Morgan fingerprint density at radius 3 is 2.18 bits per heavy atom. The number of halogens is 2. The third-order valence-corrected chi connectivity index (χ3v) is 4.28. The van der Waals surface area contributed by atoms with Crippen molar-refractivity contribution in [2.75, 3.05) is 6.54 Å². The van der Waals surface area contributed by atoms with Crippen LogP contribution >= 0.6 is 23.2 Å². The molecule has 112 valence electrons. The van der Waals surface area contributed by atoms with Crippen LogP contribution in [0.2, 0.25) is 0 Å². The number of hydrogen-bond acceptors (Lipinski definition) is 1. The van der Waals surface area contributed by atoms with Crippen LogP contribution in [0, 0.1) is 0 Å². The molecule has 0 spiro atoms. The highest BCUT2D eigenvalue weighted by atomic mass is 35.5. The van der Waals surface area contributed by atoms with Gasteiger partial charge in [-0.05, 0) is 23.8 Å². The standard InChI is InChI=1S/C18H15Cl2NO/c19-17(20)18(22)21(15-9-5-2-6-10-15)13-16(21)12-11-14-7-3-1-4-8-14/h1-12,16H,13H2/b12-11+. The average molecular weight is 332 g/mol. The lowest BCUT2D eigenvalue weighted by atomic mass is 10.2. The van der Waals surface area contributed by atoms with Gasteiger partial charge < -0.3 is 5.11 Å². The second-order valence-corrected chi connectivity index (χ2v) is 6.24. The van der Waals surface area contributed by atoms with Gasteiger partial charge in [-0.25, -0.2) is 0 Å². The number of hydrogen-bond donors (Lipinski definition) is 0. The van der Waals surface area contributed by atoms with Gasteiger partial charge in [-0.3, -0.25) is 4.48 Å². The lowest BCUT2D eigenvalue weighted by Crippen LogP contribution is -2.35. The highest BCUT2D eigenvalue weighted by Crippen LogP contribution is 2.44. The first kappa shape index (κ1) is 15.2. The molecule has 0 saturated carbocycles. The van der Waals surface area contributed by atoms with Gasteiger partial charge in [-0.15, -0.1) is 0 Å². The van der Waals surface area contributed by atoms with E-state index < -0.39 is 0 Å². The molecule has 0 aromatic heterocycles. The minimum Gasteiger partial charge on any atom is -0.829 e. The highest BCUT2D eigenvalue weighted by Gasteiger charge is 2.56. The minimum atomic E-state index is -0.253. The van der Waals surface area contributed by atoms with E-state index in [0.29, 0.717) is 6.54 Å². The molecular weight excluding hydrogens is 317 g/mol. The summed E-state index contributed by atoms with van der Waals surface area (Å²) in [7, 11) is 0. The Balaban J connectivity index is 1.92. The zero-order valence-electron chi connectivity index (χ0n) is 11.8. The molecule has 2 nitrogen and oxygen atoms in total. The molecule has 4 heteroatoms. The Morgan fingerprint density at radius 1 is 1.00 bits per heavy atom. The molecule has 2 atom stereocenters. The maximum Gasteiger partial charge on any atom is 0.167 e. The van der Waals surface area contributed by atoms with Crippen LogP contribution in [0.3, 0.4) is 0 Å². The maximum atomic E-state index is 12.5. The van der Waals surface area contributed by atoms with Gasteiger partial charge >= 0.3 is 0 Å². The highest BCUT2D eigenvalue weighted by molar-refractivity contribution is 6.56. The Bertz CT molecular complexity index is 708. The van der Waals surface area contributed by atoms with Crippen LogP contribution in [0.1, 0.15) is 5.56 Å².